The van der Waals surface area contributed by atoms with Crippen molar-refractivity contribution < 1.29 is 5.11 Å². The molecule has 3 heteroatoms. The van der Waals surface area contributed by atoms with Gasteiger partial charge >= 0.3 is 0 Å². The lowest BCUT2D eigenvalue weighted by Gasteiger charge is -2.07. The Hall–Kier alpha value is -0.830. The van der Waals surface area contributed by atoms with E-state index in [0.29, 0.717) is 6.04 Å². The summed E-state index contributed by atoms with van der Waals surface area (Å²) < 4.78 is 2.07. The van der Waals surface area contributed by atoms with Crippen molar-refractivity contribution >= 4 is 0 Å². The number of rotatable bonds is 2. The van der Waals surface area contributed by atoms with Gasteiger partial charge in [-0.25, -0.2) is 4.98 Å². The molecule has 0 saturated heterocycles. The van der Waals surface area contributed by atoms with Gasteiger partial charge in [0.2, 0.25) is 0 Å². The Morgan fingerprint density at radius 2 is 2.45 bits per heavy atom. The second kappa shape index (κ2) is 2.34. The number of hydrogen-bond acceptors (Lipinski definition) is 2. The Balaban J connectivity index is 2.30. The maximum absolute atomic E-state index is 9.29. The van der Waals surface area contributed by atoms with Gasteiger partial charge in [0.1, 0.15) is 11.9 Å². The summed E-state index contributed by atoms with van der Waals surface area (Å²) in [6, 6.07) is 0.613. The van der Waals surface area contributed by atoms with Crippen LogP contribution in [-0.4, -0.2) is 14.7 Å². The fourth-order valence-corrected chi connectivity index (χ4v) is 1.31. The Kier molecular flexibility index (Phi) is 1.46. The molecule has 0 bridgehead atoms. The maximum atomic E-state index is 9.29. The summed E-state index contributed by atoms with van der Waals surface area (Å²) >= 11 is 0. The third-order valence-corrected chi connectivity index (χ3v) is 2.01. The third-order valence-electron chi connectivity index (χ3n) is 2.01. The Bertz CT molecular complexity index is 234. The van der Waals surface area contributed by atoms with Gasteiger partial charge in [-0.15, -0.1) is 0 Å². The van der Waals surface area contributed by atoms with Crippen LogP contribution in [0.2, 0.25) is 0 Å². The first-order valence-corrected chi connectivity index (χ1v) is 4.00. The van der Waals surface area contributed by atoms with Crippen LogP contribution in [0.15, 0.2) is 12.4 Å². The van der Waals surface area contributed by atoms with Crippen molar-refractivity contribution in [2.75, 3.05) is 0 Å². The first-order chi connectivity index (χ1) is 5.29. The number of aliphatic hydroxyl groups excluding tert-OH is 1. The molecule has 1 atom stereocenters. The monoisotopic (exact) mass is 152 g/mol. The summed E-state index contributed by atoms with van der Waals surface area (Å²) in [5.74, 6) is 0.799. The minimum atomic E-state index is -0.439. The number of nitrogens with zero attached hydrogens (tertiary/aromatic N) is 2. The average Bonchev–Trinajstić information content (AvgIpc) is 2.68. The first-order valence-electron chi connectivity index (χ1n) is 4.00. The molecule has 2 rings (SSSR count). The molecule has 0 aromatic carbocycles. The molecule has 1 fully saturated rings. The molecule has 0 amide bonds. The topological polar surface area (TPSA) is 38.1 Å². The Morgan fingerprint density at radius 1 is 1.73 bits per heavy atom. The molecule has 0 unspecified atom stereocenters. The van der Waals surface area contributed by atoms with Crippen molar-refractivity contribution in [3.63, 3.8) is 0 Å². The summed E-state index contributed by atoms with van der Waals surface area (Å²) in [4.78, 5) is 4.09. The predicted octanol–water partition coefficient (Wildman–Crippen LogP) is 1.27. The standard InChI is InChI=1S/C8H12N2O/c1-6(11)8-9-4-5-10(8)7-2-3-7/h4-7,11H,2-3H2,1H3/t6-/m0/s1. The average molecular weight is 152 g/mol. The van der Waals surface area contributed by atoms with E-state index in [-0.39, 0.29) is 0 Å². The van der Waals surface area contributed by atoms with Crippen LogP contribution in [-0.2, 0) is 0 Å². The fraction of sp³-hybridized carbons (Fsp3) is 0.625. The molecule has 1 aromatic rings. The van der Waals surface area contributed by atoms with E-state index in [4.69, 9.17) is 0 Å². The van der Waals surface area contributed by atoms with Gasteiger partial charge < -0.3 is 9.67 Å². The zero-order valence-electron chi connectivity index (χ0n) is 6.57. The molecule has 1 aliphatic rings. The molecule has 60 valence electrons. The van der Waals surface area contributed by atoms with E-state index >= 15 is 0 Å². The molecular formula is C8H12N2O. The smallest absolute Gasteiger partial charge is 0.137 e. The van der Waals surface area contributed by atoms with Gasteiger partial charge in [0, 0.05) is 18.4 Å². The zero-order valence-corrected chi connectivity index (χ0v) is 6.57. The van der Waals surface area contributed by atoms with Crippen LogP contribution in [0, 0.1) is 0 Å². The molecular weight excluding hydrogens is 140 g/mol. The van der Waals surface area contributed by atoms with Crippen molar-refractivity contribution in [3.05, 3.63) is 18.2 Å². The summed E-state index contributed by atoms with van der Waals surface area (Å²) in [5.41, 5.74) is 0. The highest BCUT2D eigenvalue weighted by Crippen LogP contribution is 2.36. The number of imidazole rings is 1. The van der Waals surface area contributed by atoms with Crippen LogP contribution in [0.3, 0.4) is 0 Å². The fourth-order valence-electron chi connectivity index (χ4n) is 1.31. The minimum Gasteiger partial charge on any atom is -0.385 e. The number of hydrogen-bond donors (Lipinski definition) is 1. The lowest BCUT2D eigenvalue weighted by molar-refractivity contribution is 0.183. The van der Waals surface area contributed by atoms with Crippen LogP contribution in [0.1, 0.15) is 37.7 Å². The van der Waals surface area contributed by atoms with Gasteiger partial charge in [-0.2, -0.15) is 0 Å². The highest BCUT2D eigenvalue weighted by atomic mass is 16.3. The van der Waals surface area contributed by atoms with Gasteiger partial charge in [-0.05, 0) is 19.8 Å². The highest BCUT2D eigenvalue weighted by molar-refractivity contribution is 5.01. The summed E-state index contributed by atoms with van der Waals surface area (Å²) in [6.45, 7) is 1.75. The van der Waals surface area contributed by atoms with Gasteiger partial charge in [-0.1, -0.05) is 0 Å². The van der Waals surface area contributed by atoms with Crippen LogP contribution < -0.4 is 0 Å². The second-order valence-electron chi connectivity index (χ2n) is 3.10. The highest BCUT2D eigenvalue weighted by Gasteiger charge is 2.26. The second-order valence-corrected chi connectivity index (χ2v) is 3.10. The normalized spacial score (nSPS) is 20.2. The largest absolute Gasteiger partial charge is 0.385 e. The van der Waals surface area contributed by atoms with Gasteiger partial charge in [0.05, 0.1) is 0 Å². The molecule has 1 N–H and O–H groups in total. The van der Waals surface area contributed by atoms with Crippen molar-refractivity contribution in [1.82, 2.24) is 9.55 Å². The molecule has 0 spiro atoms. The summed E-state index contributed by atoms with van der Waals surface area (Å²) in [5, 5.41) is 9.29. The van der Waals surface area contributed by atoms with Crippen molar-refractivity contribution in [3.8, 4) is 0 Å². The lowest BCUT2D eigenvalue weighted by atomic mass is 10.4. The van der Waals surface area contributed by atoms with E-state index < -0.39 is 6.10 Å². The quantitative estimate of drug-likeness (QED) is 0.693. The molecule has 1 heterocycles. The van der Waals surface area contributed by atoms with Gasteiger partial charge in [0.15, 0.2) is 0 Å². The van der Waals surface area contributed by atoms with E-state index in [1.165, 1.54) is 12.8 Å². The maximum Gasteiger partial charge on any atom is 0.137 e. The zero-order chi connectivity index (χ0) is 7.84. The molecule has 0 aliphatic heterocycles. The van der Waals surface area contributed by atoms with Gasteiger partial charge in [-0.3, -0.25) is 0 Å². The van der Waals surface area contributed by atoms with Crippen LogP contribution in [0.25, 0.3) is 0 Å². The summed E-state index contributed by atoms with van der Waals surface area (Å²) in [7, 11) is 0. The van der Waals surface area contributed by atoms with E-state index in [2.05, 4.69) is 9.55 Å². The van der Waals surface area contributed by atoms with E-state index in [1.807, 2.05) is 6.20 Å². The summed E-state index contributed by atoms with van der Waals surface area (Å²) in [6.07, 6.45) is 5.72. The Labute approximate surface area is 65.7 Å². The number of aliphatic hydroxyl groups is 1. The first kappa shape index (κ1) is 6.85. The van der Waals surface area contributed by atoms with Crippen LogP contribution in [0.4, 0.5) is 0 Å². The van der Waals surface area contributed by atoms with E-state index in [1.54, 1.807) is 13.1 Å². The molecule has 0 radical (unpaired) electrons. The molecule has 1 aliphatic carbocycles. The van der Waals surface area contributed by atoms with E-state index in [9.17, 15) is 5.11 Å². The van der Waals surface area contributed by atoms with Crippen molar-refractivity contribution in [1.29, 1.82) is 0 Å². The number of aromatic nitrogens is 2. The minimum absolute atomic E-state index is 0.439. The SMILES string of the molecule is C[C@H](O)c1nccn1C1CC1. The Morgan fingerprint density at radius 3 is 3.00 bits per heavy atom. The third kappa shape index (κ3) is 1.16. The van der Waals surface area contributed by atoms with Crippen molar-refractivity contribution in [2.24, 2.45) is 0 Å². The van der Waals surface area contributed by atoms with Crippen LogP contribution >= 0.6 is 0 Å². The predicted molar refractivity (Wildman–Crippen MR) is 41.1 cm³/mol. The van der Waals surface area contributed by atoms with Crippen molar-refractivity contribution in [2.45, 2.75) is 31.9 Å². The van der Waals surface area contributed by atoms with Crippen LogP contribution in [0.5, 0.6) is 0 Å². The lowest BCUT2D eigenvalue weighted by Crippen LogP contribution is -2.03. The molecule has 11 heavy (non-hydrogen) atoms. The molecule has 3 nitrogen and oxygen atoms in total. The van der Waals surface area contributed by atoms with Gasteiger partial charge in [0.25, 0.3) is 0 Å². The molecule has 1 aromatic heterocycles. The molecule has 1 saturated carbocycles. The van der Waals surface area contributed by atoms with E-state index in [0.717, 1.165) is 5.82 Å².